The van der Waals surface area contributed by atoms with Gasteiger partial charge in [0.05, 0.1) is 28.1 Å². The standard InChI is InChI=1S/C48H30N4/c1-3-11-31(12-4-1)46-30-47(32-13-5-2-6-14-32)52-48(51-46)43-26-24-34-20-22-37(29-45(34)50-43)42-25-23-33-19-21-36(28-44(33)49-42)41-27-35-15-7-8-16-38(35)39-17-9-10-18-40(39)41/h1-30H. The van der Waals surface area contributed by atoms with Gasteiger partial charge in [0, 0.05) is 27.5 Å². The van der Waals surface area contributed by atoms with Crippen LogP contribution in [0.1, 0.15) is 0 Å². The molecule has 0 saturated heterocycles. The summed E-state index contributed by atoms with van der Waals surface area (Å²) in [4.78, 5) is 20.3. The summed E-state index contributed by atoms with van der Waals surface area (Å²) in [5, 5.41) is 7.14. The fourth-order valence-electron chi connectivity index (χ4n) is 7.22. The molecule has 0 aliphatic carbocycles. The van der Waals surface area contributed by atoms with E-state index in [4.69, 9.17) is 19.9 Å². The highest BCUT2D eigenvalue weighted by molar-refractivity contribution is 6.14. The monoisotopic (exact) mass is 662 g/mol. The van der Waals surface area contributed by atoms with Crippen LogP contribution in [0, 0.1) is 0 Å². The summed E-state index contributed by atoms with van der Waals surface area (Å²) >= 11 is 0. The van der Waals surface area contributed by atoms with Gasteiger partial charge in [0.1, 0.15) is 5.69 Å². The molecule has 0 N–H and O–H groups in total. The van der Waals surface area contributed by atoms with Crippen molar-refractivity contribution in [2.75, 3.05) is 0 Å². The molecule has 0 aliphatic heterocycles. The Morgan fingerprint density at radius 3 is 1.48 bits per heavy atom. The van der Waals surface area contributed by atoms with Crippen LogP contribution in [0.4, 0.5) is 0 Å². The molecule has 52 heavy (non-hydrogen) atoms. The molecule has 10 aromatic rings. The zero-order valence-corrected chi connectivity index (χ0v) is 28.1. The molecule has 3 aromatic heterocycles. The average molecular weight is 663 g/mol. The smallest absolute Gasteiger partial charge is 0.179 e. The molecule has 0 amide bonds. The van der Waals surface area contributed by atoms with Gasteiger partial charge in [-0.3, -0.25) is 0 Å². The van der Waals surface area contributed by atoms with Crippen molar-refractivity contribution in [1.29, 1.82) is 0 Å². The van der Waals surface area contributed by atoms with E-state index in [1.807, 2.05) is 48.5 Å². The molecule has 7 aromatic carbocycles. The molecule has 0 aliphatic rings. The lowest BCUT2D eigenvalue weighted by molar-refractivity contribution is 1.16. The zero-order chi connectivity index (χ0) is 34.4. The minimum Gasteiger partial charge on any atom is -0.248 e. The van der Waals surface area contributed by atoms with Crippen LogP contribution in [0.3, 0.4) is 0 Å². The van der Waals surface area contributed by atoms with Crippen LogP contribution in [0.2, 0.25) is 0 Å². The Kier molecular flexibility index (Phi) is 7.10. The van der Waals surface area contributed by atoms with E-state index in [2.05, 4.69) is 133 Å². The molecule has 4 nitrogen and oxygen atoms in total. The van der Waals surface area contributed by atoms with Crippen molar-refractivity contribution < 1.29 is 0 Å². The maximum absolute atomic E-state index is 5.20. The van der Waals surface area contributed by atoms with E-state index in [1.54, 1.807) is 0 Å². The first-order chi connectivity index (χ1) is 25.7. The topological polar surface area (TPSA) is 51.6 Å². The second kappa shape index (κ2) is 12.4. The number of rotatable bonds is 5. The van der Waals surface area contributed by atoms with Crippen molar-refractivity contribution in [3.8, 4) is 56.4 Å². The number of hydrogen-bond acceptors (Lipinski definition) is 4. The SMILES string of the molecule is c1ccc(-c2cc(-c3ccccc3)nc(-c3ccc4ccc(-c5ccc6ccc(-c7cc8ccccc8c8ccccc78)cc6n5)cc4n3)n2)cc1. The van der Waals surface area contributed by atoms with Crippen LogP contribution >= 0.6 is 0 Å². The third-order valence-corrected chi connectivity index (χ3v) is 9.85. The Morgan fingerprint density at radius 2 is 0.788 bits per heavy atom. The van der Waals surface area contributed by atoms with Gasteiger partial charge in [-0.15, -0.1) is 0 Å². The molecule has 0 fully saturated rings. The summed E-state index contributed by atoms with van der Waals surface area (Å²) in [6.45, 7) is 0. The van der Waals surface area contributed by atoms with Crippen LogP contribution in [-0.4, -0.2) is 19.9 Å². The first-order valence-corrected chi connectivity index (χ1v) is 17.5. The van der Waals surface area contributed by atoms with Gasteiger partial charge in [-0.1, -0.05) is 146 Å². The quantitative estimate of drug-likeness (QED) is 0.172. The molecule has 0 bridgehead atoms. The van der Waals surface area contributed by atoms with Gasteiger partial charge in [-0.2, -0.15) is 0 Å². The van der Waals surface area contributed by atoms with Gasteiger partial charge in [0.15, 0.2) is 5.82 Å². The second-order valence-corrected chi connectivity index (χ2v) is 13.1. The highest BCUT2D eigenvalue weighted by Gasteiger charge is 2.14. The Hall–Kier alpha value is -7.04. The van der Waals surface area contributed by atoms with Crippen molar-refractivity contribution in [2.45, 2.75) is 0 Å². The van der Waals surface area contributed by atoms with E-state index < -0.39 is 0 Å². The van der Waals surface area contributed by atoms with Crippen LogP contribution in [0.5, 0.6) is 0 Å². The number of pyridine rings is 2. The van der Waals surface area contributed by atoms with Crippen LogP contribution in [0.15, 0.2) is 182 Å². The third kappa shape index (κ3) is 5.34. The van der Waals surface area contributed by atoms with Crippen molar-refractivity contribution in [3.63, 3.8) is 0 Å². The molecule has 3 heterocycles. The zero-order valence-electron chi connectivity index (χ0n) is 28.1. The Balaban J connectivity index is 1.06. The van der Waals surface area contributed by atoms with Gasteiger partial charge in [-0.25, -0.2) is 19.9 Å². The van der Waals surface area contributed by atoms with E-state index in [0.717, 1.165) is 66.8 Å². The normalized spacial score (nSPS) is 11.5. The largest absolute Gasteiger partial charge is 0.248 e. The lowest BCUT2D eigenvalue weighted by Crippen LogP contribution is -1.97. The van der Waals surface area contributed by atoms with Crippen molar-refractivity contribution in [3.05, 3.63) is 182 Å². The Bertz CT molecular complexity index is 2900. The van der Waals surface area contributed by atoms with Gasteiger partial charge in [0.2, 0.25) is 0 Å². The van der Waals surface area contributed by atoms with E-state index in [-0.39, 0.29) is 0 Å². The first-order valence-electron chi connectivity index (χ1n) is 17.5. The number of fused-ring (bicyclic) bond motifs is 5. The molecule has 0 unspecified atom stereocenters. The second-order valence-electron chi connectivity index (χ2n) is 13.1. The fourth-order valence-corrected chi connectivity index (χ4v) is 7.22. The predicted octanol–water partition coefficient (Wildman–Crippen LogP) is 12.2. The van der Waals surface area contributed by atoms with Crippen LogP contribution in [0.25, 0.3) is 99.8 Å². The Labute approximate surface area is 300 Å². The fraction of sp³-hybridized carbons (Fsp3) is 0. The molecule has 10 rings (SSSR count). The molecular weight excluding hydrogens is 633 g/mol. The number of benzene rings is 7. The maximum Gasteiger partial charge on any atom is 0.179 e. The highest BCUT2D eigenvalue weighted by Crippen LogP contribution is 2.36. The van der Waals surface area contributed by atoms with Gasteiger partial charge in [0.25, 0.3) is 0 Å². The number of nitrogens with zero attached hydrogens (tertiary/aromatic N) is 4. The first kappa shape index (κ1) is 29.8. The maximum atomic E-state index is 5.20. The van der Waals surface area contributed by atoms with E-state index in [9.17, 15) is 0 Å². The van der Waals surface area contributed by atoms with E-state index in [1.165, 1.54) is 27.1 Å². The molecule has 0 spiro atoms. The van der Waals surface area contributed by atoms with Crippen molar-refractivity contribution in [2.24, 2.45) is 0 Å². The molecule has 4 heteroatoms. The minimum atomic E-state index is 0.588. The number of aromatic nitrogens is 4. The minimum absolute atomic E-state index is 0.588. The Morgan fingerprint density at radius 1 is 0.269 bits per heavy atom. The summed E-state index contributed by atoms with van der Waals surface area (Å²) in [5.74, 6) is 0.588. The summed E-state index contributed by atoms with van der Waals surface area (Å²) in [5.41, 5.74) is 10.6. The lowest BCUT2D eigenvalue weighted by atomic mass is 9.93. The number of hydrogen-bond donors (Lipinski definition) is 0. The van der Waals surface area contributed by atoms with Gasteiger partial charge in [-0.05, 0) is 69.1 Å². The summed E-state index contributed by atoms with van der Waals surface area (Å²) < 4.78 is 0. The summed E-state index contributed by atoms with van der Waals surface area (Å²) in [6.07, 6.45) is 0. The van der Waals surface area contributed by atoms with Crippen molar-refractivity contribution >= 4 is 43.4 Å². The van der Waals surface area contributed by atoms with E-state index in [0.29, 0.717) is 5.82 Å². The lowest BCUT2D eigenvalue weighted by Gasteiger charge is -2.12. The van der Waals surface area contributed by atoms with Crippen LogP contribution < -0.4 is 0 Å². The summed E-state index contributed by atoms with van der Waals surface area (Å²) in [7, 11) is 0. The van der Waals surface area contributed by atoms with Crippen molar-refractivity contribution in [1.82, 2.24) is 19.9 Å². The average Bonchev–Trinajstić information content (AvgIpc) is 3.23. The predicted molar refractivity (Wildman–Crippen MR) is 215 cm³/mol. The van der Waals surface area contributed by atoms with Gasteiger partial charge >= 0.3 is 0 Å². The molecular formula is C48H30N4. The molecule has 0 saturated carbocycles. The molecule has 0 radical (unpaired) electrons. The summed E-state index contributed by atoms with van der Waals surface area (Å²) in [6, 6.07) is 63.4. The third-order valence-electron chi connectivity index (χ3n) is 9.85. The molecule has 242 valence electrons. The van der Waals surface area contributed by atoms with Gasteiger partial charge < -0.3 is 0 Å². The molecule has 0 atom stereocenters. The highest BCUT2D eigenvalue weighted by atomic mass is 14.9. The van der Waals surface area contributed by atoms with Crippen LogP contribution in [-0.2, 0) is 0 Å². The van der Waals surface area contributed by atoms with E-state index >= 15 is 0 Å².